The fourth-order valence-electron chi connectivity index (χ4n) is 1.52. The van der Waals surface area contributed by atoms with Crippen LogP contribution in [0.15, 0.2) is 23.8 Å². The van der Waals surface area contributed by atoms with Crippen molar-refractivity contribution >= 4 is 5.97 Å². The van der Waals surface area contributed by atoms with Gasteiger partial charge in [-0.15, -0.1) is 0 Å². The number of hydrogen-bond acceptors (Lipinski definition) is 2. The average Bonchev–Trinajstić information content (AvgIpc) is 2.16. The predicted molar refractivity (Wildman–Crippen MR) is 72.8 cm³/mol. The lowest BCUT2D eigenvalue weighted by Gasteiger charge is -2.21. The maximum absolute atomic E-state index is 11.1. The van der Waals surface area contributed by atoms with Crippen molar-refractivity contribution in [3.8, 4) is 0 Å². The average molecular weight is 238 g/mol. The number of allylic oxidation sites excluding steroid dienone is 3. The Morgan fingerprint density at radius 1 is 1.29 bits per heavy atom. The Morgan fingerprint density at radius 2 is 1.94 bits per heavy atom. The Labute approximate surface area is 106 Å². The number of carbonyl (C=O) groups excluding carboxylic acids is 1. The molecule has 0 spiro atoms. The molecule has 0 aliphatic heterocycles. The molecular formula is C15H26O2. The molecule has 0 fully saturated rings. The van der Waals surface area contributed by atoms with Crippen molar-refractivity contribution in [3.63, 3.8) is 0 Å². The first kappa shape index (κ1) is 16.0. The second-order valence-corrected chi connectivity index (χ2v) is 5.34. The molecule has 0 aliphatic rings. The molecule has 17 heavy (non-hydrogen) atoms. The van der Waals surface area contributed by atoms with E-state index in [9.17, 15) is 4.79 Å². The van der Waals surface area contributed by atoms with E-state index < -0.39 is 0 Å². The lowest BCUT2D eigenvalue weighted by Crippen LogP contribution is -2.09. The van der Waals surface area contributed by atoms with E-state index in [1.165, 1.54) is 11.6 Å². The molecule has 0 aromatic rings. The minimum atomic E-state index is -0.243. The SMILES string of the molecule is CCOC(=O)/C=C/CC(C)(C)CCC=C(C)C. The molecule has 0 aliphatic carbocycles. The van der Waals surface area contributed by atoms with Crippen molar-refractivity contribution in [1.82, 2.24) is 0 Å². The van der Waals surface area contributed by atoms with Crippen LogP contribution in [0.4, 0.5) is 0 Å². The number of rotatable bonds is 7. The monoisotopic (exact) mass is 238 g/mol. The van der Waals surface area contributed by atoms with Crippen LogP contribution in [0.5, 0.6) is 0 Å². The molecule has 0 unspecified atom stereocenters. The van der Waals surface area contributed by atoms with Gasteiger partial charge in [0, 0.05) is 6.08 Å². The van der Waals surface area contributed by atoms with E-state index in [1.807, 2.05) is 13.0 Å². The van der Waals surface area contributed by atoms with E-state index in [2.05, 4.69) is 33.8 Å². The summed E-state index contributed by atoms with van der Waals surface area (Å²) < 4.78 is 4.83. The van der Waals surface area contributed by atoms with Gasteiger partial charge in [-0.25, -0.2) is 4.79 Å². The molecule has 0 radical (unpaired) electrons. The van der Waals surface area contributed by atoms with Gasteiger partial charge in [-0.3, -0.25) is 0 Å². The van der Waals surface area contributed by atoms with Crippen LogP contribution in [0.3, 0.4) is 0 Å². The fraction of sp³-hybridized carbons (Fsp3) is 0.667. The summed E-state index contributed by atoms with van der Waals surface area (Å²) in [5, 5.41) is 0. The van der Waals surface area contributed by atoms with Gasteiger partial charge in [-0.1, -0.05) is 31.6 Å². The summed E-state index contributed by atoms with van der Waals surface area (Å²) in [5.74, 6) is -0.243. The lowest BCUT2D eigenvalue weighted by molar-refractivity contribution is -0.137. The van der Waals surface area contributed by atoms with Crippen molar-refractivity contribution < 1.29 is 9.53 Å². The van der Waals surface area contributed by atoms with Crippen LogP contribution in [-0.4, -0.2) is 12.6 Å². The molecule has 0 atom stereocenters. The maximum Gasteiger partial charge on any atom is 0.330 e. The minimum absolute atomic E-state index is 0.231. The number of ether oxygens (including phenoxy) is 1. The van der Waals surface area contributed by atoms with E-state index in [0.717, 1.165) is 19.3 Å². The maximum atomic E-state index is 11.1. The van der Waals surface area contributed by atoms with Crippen molar-refractivity contribution in [3.05, 3.63) is 23.8 Å². The largest absolute Gasteiger partial charge is 0.463 e. The van der Waals surface area contributed by atoms with Gasteiger partial charge >= 0.3 is 5.97 Å². The van der Waals surface area contributed by atoms with Crippen molar-refractivity contribution in [2.24, 2.45) is 5.41 Å². The first-order chi connectivity index (χ1) is 7.87. The second kappa shape index (κ2) is 8.10. The van der Waals surface area contributed by atoms with E-state index in [4.69, 9.17) is 4.74 Å². The van der Waals surface area contributed by atoms with Crippen LogP contribution >= 0.6 is 0 Å². The van der Waals surface area contributed by atoms with Gasteiger partial charge in [0.1, 0.15) is 0 Å². The molecule has 0 heterocycles. The summed E-state index contributed by atoms with van der Waals surface area (Å²) in [7, 11) is 0. The third kappa shape index (κ3) is 9.86. The zero-order chi connectivity index (χ0) is 13.3. The molecule has 0 rings (SSSR count). The summed E-state index contributed by atoms with van der Waals surface area (Å²) in [6, 6.07) is 0. The van der Waals surface area contributed by atoms with Crippen LogP contribution in [-0.2, 0) is 9.53 Å². The van der Waals surface area contributed by atoms with Crippen LogP contribution in [0.25, 0.3) is 0 Å². The highest BCUT2D eigenvalue weighted by molar-refractivity contribution is 5.81. The summed E-state index contributed by atoms with van der Waals surface area (Å²) in [6.45, 7) is 10.9. The van der Waals surface area contributed by atoms with Gasteiger partial charge in [0.15, 0.2) is 0 Å². The first-order valence-corrected chi connectivity index (χ1v) is 6.34. The first-order valence-electron chi connectivity index (χ1n) is 6.34. The zero-order valence-electron chi connectivity index (χ0n) is 11.9. The lowest BCUT2D eigenvalue weighted by atomic mass is 9.84. The Bertz CT molecular complexity index is 281. The van der Waals surface area contributed by atoms with Crippen LogP contribution < -0.4 is 0 Å². The van der Waals surface area contributed by atoms with Crippen LogP contribution in [0, 0.1) is 5.41 Å². The Hall–Kier alpha value is -1.05. The third-order valence-corrected chi connectivity index (χ3v) is 2.58. The van der Waals surface area contributed by atoms with Gasteiger partial charge in [-0.05, 0) is 45.4 Å². The molecule has 0 N–H and O–H groups in total. The van der Waals surface area contributed by atoms with Gasteiger partial charge < -0.3 is 4.74 Å². The van der Waals surface area contributed by atoms with Gasteiger partial charge in [-0.2, -0.15) is 0 Å². The van der Waals surface area contributed by atoms with Crippen molar-refractivity contribution in [2.45, 2.75) is 53.9 Å². The van der Waals surface area contributed by atoms with Crippen LogP contribution in [0.2, 0.25) is 0 Å². The van der Waals surface area contributed by atoms with Gasteiger partial charge in [0.25, 0.3) is 0 Å². The quantitative estimate of drug-likeness (QED) is 0.376. The topological polar surface area (TPSA) is 26.3 Å². The zero-order valence-corrected chi connectivity index (χ0v) is 11.9. The Kier molecular flexibility index (Phi) is 7.60. The van der Waals surface area contributed by atoms with E-state index >= 15 is 0 Å². The summed E-state index contributed by atoms with van der Waals surface area (Å²) in [5.41, 5.74) is 1.59. The van der Waals surface area contributed by atoms with Gasteiger partial charge in [0.05, 0.1) is 6.61 Å². The highest BCUT2D eigenvalue weighted by atomic mass is 16.5. The summed E-state index contributed by atoms with van der Waals surface area (Å²) in [4.78, 5) is 11.1. The highest BCUT2D eigenvalue weighted by Crippen LogP contribution is 2.27. The predicted octanol–water partition coefficient (Wildman–Crippen LogP) is 4.27. The smallest absolute Gasteiger partial charge is 0.330 e. The van der Waals surface area contributed by atoms with Crippen LogP contribution in [0.1, 0.15) is 53.9 Å². The molecule has 0 aromatic carbocycles. The molecule has 0 aromatic heterocycles. The third-order valence-electron chi connectivity index (χ3n) is 2.58. The molecule has 2 heteroatoms. The van der Waals surface area contributed by atoms with E-state index in [-0.39, 0.29) is 11.4 Å². The fourth-order valence-corrected chi connectivity index (χ4v) is 1.52. The molecule has 0 amide bonds. The Morgan fingerprint density at radius 3 is 2.47 bits per heavy atom. The molecule has 0 saturated heterocycles. The van der Waals surface area contributed by atoms with Crippen molar-refractivity contribution in [2.75, 3.05) is 6.61 Å². The normalized spacial score (nSPS) is 11.6. The standard InChI is InChI=1S/C15H26O2/c1-6-17-14(16)10-8-12-15(4,5)11-7-9-13(2)3/h8-10H,6-7,11-12H2,1-5H3/b10-8+. The van der Waals surface area contributed by atoms with Gasteiger partial charge in [0.2, 0.25) is 0 Å². The molecular weight excluding hydrogens is 212 g/mol. The number of esters is 1. The summed E-state index contributed by atoms with van der Waals surface area (Å²) >= 11 is 0. The Balaban J connectivity index is 4.00. The molecule has 98 valence electrons. The summed E-state index contributed by atoms with van der Waals surface area (Å²) in [6.07, 6.45) is 8.85. The van der Waals surface area contributed by atoms with E-state index in [1.54, 1.807) is 0 Å². The van der Waals surface area contributed by atoms with E-state index in [0.29, 0.717) is 6.61 Å². The second-order valence-electron chi connectivity index (χ2n) is 5.34. The highest BCUT2D eigenvalue weighted by Gasteiger charge is 2.14. The minimum Gasteiger partial charge on any atom is -0.463 e. The molecule has 0 bridgehead atoms. The van der Waals surface area contributed by atoms with Crippen molar-refractivity contribution in [1.29, 1.82) is 0 Å². The number of hydrogen-bond donors (Lipinski definition) is 0. The molecule has 2 nitrogen and oxygen atoms in total. The molecule has 0 saturated carbocycles. The number of carbonyl (C=O) groups is 1.